The summed E-state index contributed by atoms with van der Waals surface area (Å²) in [4.78, 5) is 2.62. The Morgan fingerprint density at radius 1 is 1.20 bits per heavy atom. The highest BCUT2D eigenvalue weighted by atomic mass is 15.2. The van der Waals surface area contributed by atoms with Crippen molar-refractivity contribution < 1.29 is 0 Å². The zero-order valence-corrected chi connectivity index (χ0v) is 11.1. The van der Waals surface area contributed by atoms with Crippen LogP contribution in [0.15, 0.2) is 0 Å². The van der Waals surface area contributed by atoms with E-state index in [1.165, 1.54) is 25.9 Å². The van der Waals surface area contributed by atoms with E-state index in [1.807, 2.05) is 0 Å². The lowest BCUT2D eigenvalue weighted by Gasteiger charge is -2.26. The predicted octanol–water partition coefficient (Wildman–Crippen LogP) is 2.49. The maximum absolute atomic E-state index is 3.68. The van der Waals surface area contributed by atoms with Crippen LogP contribution in [0.4, 0.5) is 0 Å². The summed E-state index contributed by atoms with van der Waals surface area (Å²) in [5, 5.41) is 3.68. The Balaban J connectivity index is 2.47. The summed E-state index contributed by atoms with van der Waals surface area (Å²) in [6.45, 7) is 14.0. The SMILES string of the molecule is CC(C)NC1CCN(C(C)C)C[C@@H](C)C1. The maximum Gasteiger partial charge on any atom is 0.00846 e. The van der Waals surface area contributed by atoms with Crippen molar-refractivity contribution >= 4 is 0 Å². The van der Waals surface area contributed by atoms with Crippen molar-refractivity contribution in [1.29, 1.82) is 0 Å². The van der Waals surface area contributed by atoms with Crippen molar-refractivity contribution in [3.8, 4) is 0 Å². The molecule has 0 bridgehead atoms. The zero-order valence-electron chi connectivity index (χ0n) is 11.1. The van der Waals surface area contributed by atoms with Crippen LogP contribution in [0.5, 0.6) is 0 Å². The highest BCUT2D eigenvalue weighted by Gasteiger charge is 2.23. The Morgan fingerprint density at radius 2 is 1.87 bits per heavy atom. The molecule has 0 aromatic rings. The van der Waals surface area contributed by atoms with Gasteiger partial charge >= 0.3 is 0 Å². The van der Waals surface area contributed by atoms with Crippen LogP contribution in [0.3, 0.4) is 0 Å². The molecule has 1 unspecified atom stereocenters. The molecule has 2 nitrogen and oxygen atoms in total. The van der Waals surface area contributed by atoms with Gasteiger partial charge in [0, 0.05) is 24.7 Å². The highest BCUT2D eigenvalue weighted by Crippen LogP contribution is 2.18. The Kier molecular flexibility index (Phi) is 5.07. The molecule has 0 amide bonds. The molecule has 0 spiro atoms. The zero-order chi connectivity index (χ0) is 11.4. The molecule has 1 aliphatic rings. The molecule has 1 aliphatic heterocycles. The van der Waals surface area contributed by atoms with Crippen molar-refractivity contribution in [2.75, 3.05) is 13.1 Å². The van der Waals surface area contributed by atoms with Gasteiger partial charge < -0.3 is 10.2 Å². The number of hydrogen-bond donors (Lipinski definition) is 1. The molecule has 0 aromatic carbocycles. The van der Waals surface area contributed by atoms with Crippen molar-refractivity contribution in [2.45, 2.75) is 65.6 Å². The molecular formula is C13H28N2. The first-order valence-corrected chi connectivity index (χ1v) is 6.49. The van der Waals surface area contributed by atoms with E-state index in [2.05, 4.69) is 44.8 Å². The van der Waals surface area contributed by atoms with Crippen molar-refractivity contribution in [3.63, 3.8) is 0 Å². The highest BCUT2D eigenvalue weighted by molar-refractivity contribution is 4.80. The minimum absolute atomic E-state index is 0.618. The number of nitrogens with zero attached hydrogens (tertiary/aromatic N) is 1. The average molecular weight is 212 g/mol. The van der Waals surface area contributed by atoms with Crippen LogP contribution in [-0.2, 0) is 0 Å². The van der Waals surface area contributed by atoms with E-state index in [0.29, 0.717) is 12.1 Å². The summed E-state index contributed by atoms with van der Waals surface area (Å²) in [5.74, 6) is 0.825. The van der Waals surface area contributed by atoms with Gasteiger partial charge in [-0.2, -0.15) is 0 Å². The standard InChI is InChI=1S/C13H28N2/c1-10(2)14-13-6-7-15(11(3)4)9-12(5)8-13/h10-14H,6-9H2,1-5H3/t12-,13?/m0/s1. The third-order valence-corrected chi connectivity index (χ3v) is 3.30. The van der Waals surface area contributed by atoms with Crippen LogP contribution in [0, 0.1) is 5.92 Å². The summed E-state index contributed by atoms with van der Waals surface area (Å²) in [5.41, 5.74) is 0. The van der Waals surface area contributed by atoms with Gasteiger partial charge in [-0.25, -0.2) is 0 Å². The van der Waals surface area contributed by atoms with Gasteiger partial charge in [-0.1, -0.05) is 20.8 Å². The van der Waals surface area contributed by atoms with E-state index in [4.69, 9.17) is 0 Å². The van der Waals surface area contributed by atoms with Crippen molar-refractivity contribution in [3.05, 3.63) is 0 Å². The number of hydrogen-bond acceptors (Lipinski definition) is 2. The van der Waals surface area contributed by atoms with Crippen LogP contribution in [0.25, 0.3) is 0 Å². The molecule has 2 atom stereocenters. The van der Waals surface area contributed by atoms with Gasteiger partial charge in [0.1, 0.15) is 0 Å². The lowest BCUT2D eigenvalue weighted by molar-refractivity contribution is 0.208. The topological polar surface area (TPSA) is 15.3 Å². The minimum Gasteiger partial charge on any atom is -0.312 e. The van der Waals surface area contributed by atoms with Gasteiger partial charge in [0.25, 0.3) is 0 Å². The Hall–Kier alpha value is -0.0800. The Bertz CT molecular complexity index is 177. The second kappa shape index (κ2) is 5.86. The second-order valence-corrected chi connectivity index (χ2v) is 5.74. The largest absolute Gasteiger partial charge is 0.312 e. The molecule has 1 rings (SSSR count). The number of likely N-dealkylation sites (tertiary alicyclic amines) is 1. The molecule has 1 heterocycles. The van der Waals surface area contributed by atoms with E-state index in [1.54, 1.807) is 0 Å². The first-order chi connectivity index (χ1) is 6.99. The van der Waals surface area contributed by atoms with Crippen LogP contribution in [-0.4, -0.2) is 36.1 Å². The van der Waals surface area contributed by atoms with E-state index < -0.39 is 0 Å². The number of nitrogens with one attached hydrogen (secondary N) is 1. The first kappa shape index (κ1) is 13.0. The van der Waals surface area contributed by atoms with Gasteiger partial charge in [0.15, 0.2) is 0 Å². The third-order valence-electron chi connectivity index (χ3n) is 3.30. The molecule has 2 heteroatoms. The molecule has 90 valence electrons. The monoisotopic (exact) mass is 212 g/mol. The van der Waals surface area contributed by atoms with Gasteiger partial charge in [-0.3, -0.25) is 0 Å². The Morgan fingerprint density at radius 3 is 2.40 bits per heavy atom. The molecular weight excluding hydrogens is 184 g/mol. The van der Waals surface area contributed by atoms with Gasteiger partial charge in [-0.15, -0.1) is 0 Å². The van der Waals surface area contributed by atoms with Crippen molar-refractivity contribution in [1.82, 2.24) is 10.2 Å². The van der Waals surface area contributed by atoms with Crippen LogP contribution in [0.1, 0.15) is 47.5 Å². The summed E-state index contributed by atoms with van der Waals surface area (Å²) in [6.07, 6.45) is 2.64. The van der Waals surface area contributed by atoms with Gasteiger partial charge in [-0.05, 0) is 39.2 Å². The van der Waals surface area contributed by atoms with Gasteiger partial charge in [0.2, 0.25) is 0 Å². The second-order valence-electron chi connectivity index (χ2n) is 5.74. The maximum atomic E-state index is 3.68. The summed E-state index contributed by atoms with van der Waals surface area (Å²) in [6, 6.07) is 2.04. The lowest BCUT2D eigenvalue weighted by Crippen LogP contribution is -2.36. The van der Waals surface area contributed by atoms with Crippen molar-refractivity contribution in [2.24, 2.45) is 5.92 Å². The van der Waals surface area contributed by atoms with E-state index in [9.17, 15) is 0 Å². The van der Waals surface area contributed by atoms with Crippen LogP contribution >= 0.6 is 0 Å². The molecule has 0 saturated carbocycles. The number of rotatable bonds is 3. The summed E-state index contributed by atoms with van der Waals surface area (Å²) < 4.78 is 0. The molecule has 0 radical (unpaired) electrons. The minimum atomic E-state index is 0.618. The predicted molar refractivity (Wildman–Crippen MR) is 67.2 cm³/mol. The lowest BCUT2D eigenvalue weighted by atomic mass is 10.0. The average Bonchev–Trinajstić information content (AvgIpc) is 2.26. The molecule has 0 aliphatic carbocycles. The molecule has 0 aromatic heterocycles. The van der Waals surface area contributed by atoms with E-state index >= 15 is 0 Å². The normalized spacial score (nSPS) is 29.8. The quantitative estimate of drug-likeness (QED) is 0.773. The summed E-state index contributed by atoms with van der Waals surface area (Å²) in [7, 11) is 0. The fourth-order valence-electron chi connectivity index (χ4n) is 2.58. The van der Waals surface area contributed by atoms with E-state index in [-0.39, 0.29) is 0 Å². The fraction of sp³-hybridized carbons (Fsp3) is 1.00. The van der Waals surface area contributed by atoms with Gasteiger partial charge in [0.05, 0.1) is 0 Å². The fourth-order valence-corrected chi connectivity index (χ4v) is 2.58. The molecule has 1 saturated heterocycles. The smallest absolute Gasteiger partial charge is 0.00846 e. The molecule has 1 fully saturated rings. The van der Waals surface area contributed by atoms with E-state index in [0.717, 1.165) is 12.0 Å². The summed E-state index contributed by atoms with van der Waals surface area (Å²) >= 11 is 0. The van der Waals surface area contributed by atoms with Crippen LogP contribution in [0.2, 0.25) is 0 Å². The first-order valence-electron chi connectivity index (χ1n) is 6.49. The molecule has 1 N–H and O–H groups in total. The third kappa shape index (κ3) is 4.52. The van der Waals surface area contributed by atoms with Crippen LogP contribution < -0.4 is 5.32 Å². The molecule has 15 heavy (non-hydrogen) atoms. The Labute approximate surface area is 95.4 Å².